The van der Waals surface area contributed by atoms with Gasteiger partial charge in [-0.1, -0.05) is 293 Å². The molecule has 0 N–H and O–H groups in total. The average molecular weight is 994 g/mol. The van der Waals surface area contributed by atoms with Crippen molar-refractivity contribution in [2.24, 2.45) is 0 Å². The zero-order chi connectivity index (χ0) is 51.4. The maximum absolute atomic E-state index is 12.9. The van der Waals surface area contributed by atoms with Crippen molar-refractivity contribution in [1.82, 2.24) is 0 Å². The second kappa shape index (κ2) is 59.7. The van der Waals surface area contributed by atoms with Crippen molar-refractivity contribution < 1.29 is 28.6 Å². The lowest BCUT2D eigenvalue weighted by Gasteiger charge is -2.18. The fourth-order valence-electron chi connectivity index (χ4n) is 8.94. The number of ether oxygens (including phenoxy) is 3. The highest BCUT2D eigenvalue weighted by Crippen LogP contribution is 2.17. The van der Waals surface area contributed by atoms with Crippen molar-refractivity contribution in [2.45, 2.75) is 322 Å². The second-order valence-electron chi connectivity index (χ2n) is 20.6. The van der Waals surface area contributed by atoms with Gasteiger partial charge in [0.15, 0.2) is 6.10 Å². The average Bonchev–Trinajstić information content (AvgIpc) is 3.37. The van der Waals surface area contributed by atoms with Crippen molar-refractivity contribution in [3.8, 4) is 0 Å². The first kappa shape index (κ1) is 68.1. The zero-order valence-electron chi connectivity index (χ0n) is 47.2. The Labute approximate surface area is 440 Å². The summed E-state index contributed by atoms with van der Waals surface area (Å²) in [6.07, 6.45) is 75.0. The maximum Gasteiger partial charge on any atom is 0.306 e. The molecule has 0 fully saturated rings. The summed E-state index contributed by atoms with van der Waals surface area (Å²) in [7, 11) is 0. The van der Waals surface area contributed by atoms with E-state index in [-0.39, 0.29) is 31.1 Å². The van der Waals surface area contributed by atoms with E-state index in [2.05, 4.69) is 81.5 Å². The largest absolute Gasteiger partial charge is 0.462 e. The molecule has 0 aromatic rings. The summed E-state index contributed by atoms with van der Waals surface area (Å²) >= 11 is 0. The van der Waals surface area contributed by atoms with E-state index < -0.39 is 6.10 Å². The Balaban J connectivity index is 4.40. The van der Waals surface area contributed by atoms with Gasteiger partial charge in [-0.2, -0.15) is 0 Å². The minimum Gasteiger partial charge on any atom is -0.462 e. The van der Waals surface area contributed by atoms with Crippen LogP contribution in [0.5, 0.6) is 0 Å². The minimum absolute atomic E-state index is 0.0803. The number of hydrogen-bond acceptors (Lipinski definition) is 6. The zero-order valence-corrected chi connectivity index (χ0v) is 47.2. The summed E-state index contributed by atoms with van der Waals surface area (Å²) in [4.78, 5) is 38.3. The van der Waals surface area contributed by atoms with Gasteiger partial charge in [-0.3, -0.25) is 14.4 Å². The maximum atomic E-state index is 12.9. The minimum atomic E-state index is -0.785. The molecule has 0 aromatic carbocycles. The number of esters is 3. The highest BCUT2D eigenvalue weighted by atomic mass is 16.6. The SMILES string of the molecule is CC/C=C/C/C=C/C/C=C/C/C=C/C/C=C/CCCCCC(=O)OC[C@@H](COC(=O)CCCCCCCCCCCCCCCCCCC)OC(=O)CCCCCCCCCCCCCCCCCCC. The molecule has 1 atom stereocenters. The molecule has 0 aliphatic carbocycles. The van der Waals surface area contributed by atoms with Crippen LogP contribution in [0.15, 0.2) is 60.8 Å². The number of hydrogen-bond donors (Lipinski definition) is 0. The molecular weight excluding hydrogens is 877 g/mol. The van der Waals surface area contributed by atoms with Crippen LogP contribution < -0.4 is 0 Å². The second-order valence-corrected chi connectivity index (χ2v) is 20.6. The Hall–Kier alpha value is -2.89. The molecule has 0 bridgehead atoms. The lowest BCUT2D eigenvalue weighted by Crippen LogP contribution is -2.30. The lowest BCUT2D eigenvalue weighted by molar-refractivity contribution is -0.167. The van der Waals surface area contributed by atoms with Crippen molar-refractivity contribution in [1.29, 1.82) is 0 Å². The molecule has 0 aliphatic heterocycles. The summed E-state index contributed by atoms with van der Waals surface area (Å²) in [5.41, 5.74) is 0. The predicted molar refractivity (Wildman–Crippen MR) is 307 cm³/mol. The fourth-order valence-corrected chi connectivity index (χ4v) is 8.94. The molecule has 0 spiro atoms. The molecular formula is C65H116O6. The van der Waals surface area contributed by atoms with Crippen LogP contribution in [0.3, 0.4) is 0 Å². The Kier molecular flexibility index (Phi) is 57.2. The molecule has 0 saturated heterocycles. The van der Waals surface area contributed by atoms with Crippen LogP contribution in [0.25, 0.3) is 0 Å². The molecule has 0 aliphatic rings. The van der Waals surface area contributed by atoms with E-state index >= 15 is 0 Å². The van der Waals surface area contributed by atoms with Crippen LogP contribution in [0.1, 0.15) is 316 Å². The van der Waals surface area contributed by atoms with Crippen molar-refractivity contribution in [3.63, 3.8) is 0 Å². The number of allylic oxidation sites excluding steroid dienone is 10. The van der Waals surface area contributed by atoms with E-state index in [4.69, 9.17) is 14.2 Å². The Morgan fingerprint density at radius 3 is 0.859 bits per heavy atom. The van der Waals surface area contributed by atoms with Gasteiger partial charge in [0.1, 0.15) is 13.2 Å². The topological polar surface area (TPSA) is 78.9 Å². The molecule has 0 unspecified atom stereocenters. The van der Waals surface area contributed by atoms with Crippen LogP contribution in [-0.4, -0.2) is 37.2 Å². The van der Waals surface area contributed by atoms with Gasteiger partial charge in [-0.05, 0) is 64.2 Å². The molecule has 0 amide bonds. The number of rotatable bonds is 56. The number of unbranched alkanes of at least 4 members (excludes halogenated alkanes) is 35. The van der Waals surface area contributed by atoms with Crippen molar-refractivity contribution in [3.05, 3.63) is 60.8 Å². The van der Waals surface area contributed by atoms with Gasteiger partial charge in [-0.15, -0.1) is 0 Å². The van der Waals surface area contributed by atoms with Gasteiger partial charge in [0.05, 0.1) is 0 Å². The van der Waals surface area contributed by atoms with Crippen LogP contribution in [0, 0.1) is 0 Å². The third kappa shape index (κ3) is 57.9. The van der Waals surface area contributed by atoms with E-state index in [9.17, 15) is 14.4 Å². The quantitative estimate of drug-likeness (QED) is 0.0261. The summed E-state index contributed by atoms with van der Waals surface area (Å²) in [6, 6.07) is 0. The molecule has 0 radical (unpaired) electrons. The third-order valence-corrected chi connectivity index (χ3v) is 13.5. The van der Waals surface area contributed by atoms with Gasteiger partial charge in [-0.25, -0.2) is 0 Å². The van der Waals surface area contributed by atoms with Crippen LogP contribution in [-0.2, 0) is 28.6 Å². The van der Waals surface area contributed by atoms with Crippen LogP contribution >= 0.6 is 0 Å². The van der Waals surface area contributed by atoms with E-state index in [0.717, 1.165) is 96.3 Å². The first-order valence-electron chi connectivity index (χ1n) is 30.8. The van der Waals surface area contributed by atoms with E-state index in [1.807, 2.05) is 0 Å². The fraction of sp³-hybridized carbons (Fsp3) is 0.800. The van der Waals surface area contributed by atoms with Gasteiger partial charge >= 0.3 is 17.9 Å². The molecule has 6 nitrogen and oxygen atoms in total. The van der Waals surface area contributed by atoms with Gasteiger partial charge < -0.3 is 14.2 Å². The first-order valence-corrected chi connectivity index (χ1v) is 30.8. The highest BCUT2D eigenvalue weighted by Gasteiger charge is 2.19. The monoisotopic (exact) mass is 993 g/mol. The van der Waals surface area contributed by atoms with Crippen LogP contribution in [0.2, 0.25) is 0 Å². The summed E-state index contributed by atoms with van der Waals surface area (Å²) in [5.74, 6) is -0.894. The molecule has 412 valence electrons. The van der Waals surface area contributed by atoms with Crippen molar-refractivity contribution in [2.75, 3.05) is 13.2 Å². The van der Waals surface area contributed by atoms with Gasteiger partial charge in [0, 0.05) is 19.3 Å². The van der Waals surface area contributed by atoms with Gasteiger partial charge in [0.2, 0.25) is 0 Å². The molecule has 6 heteroatoms. The summed E-state index contributed by atoms with van der Waals surface area (Å²) in [5, 5.41) is 0. The smallest absolute Gasteiger partial charge is 0.306 e. The van der Waals surface area contributed by atoms with E-state index in [0.29, 0.717) is 19.3 Å². The highest BCUT2D eigenvalue weighted by molar-refractivity contribution is 5.71. The van der Waals surface area contributed by atoms with Crippen molar-refractivity contribution >= 4 is 17.9 Å². The summed E-state index contributed by atoms with van der Waals surface area (Å²) < 4.78 is 16.9. The molecule has 0 saturated carbocycles. The first-order chi connectivity index (χ1) is 35.0. The molecule has 0 heterocycles. The molecule has 0 aromatic heterocycles. The van der Waals surface area contributed by atoms with Gasteiger partial charge in [0.25, 0.3) is 0 Å². The normalized spacial score (nSPS) is 12.4. The Morgan fingerprint density at radius 2 is 0.549 bits per heavy atom. The number of carbonyl (C=O) groups excluding carboxylic acids is 3. The standard InChI is InChI=1S/C65H116O6/c1-4-7-10-13-16-19-22-25-28-31-32-35-37-40-43-46-49-52-55-58-64(67)70-61-62(71-65(68)59-56-53-50-47-44-41-38-34-30-27-24-21-18-15-12-9-6-3)60-69-63(66)57-54-51-48-45-42-39-36-33-29-26-23-20-17-14-11-8-5-2/h7,10,16,19,25,28,32,35,40,43,62H,4-6,8-9,11-15,17-18,20-24,26-27,29-31,33-34,36-39,41-42,44-61H2,1-3H3/b10-7+,19-16+,28-25+,35-32+,43-40+/t62-/m1/s1. The summed E-state index contributed by atoms with van der Waals surface area (Å²) in [6.45, 7) is 6.55. The van der Waals surface area contributed by atoms with E-state index in [1.165, 1.54) is 180 Å². The van der Waals surface area contributed by atoms with E-state index in [1.54, 1.807) is 0 Å². The lowest BCUT2D eigenvalue weighted by atomic mass is 10.0. The van der Waals surface area contributed by atoms with Crippen LogP contribution in [0.4, 0.5) is 0 Å². The molecule has 0 rings (SSSR count). The Bertz CT molecular complexity index is 1280. The third-order valence-electron chi connectivity index (χ3n) is 13.5. The number of carbonyl (C=O) groups is 3. The molecule has 71 heavy (non-hydrogen) atoms. The predicted octanol–water partition coefficient (Wildman–Crippen LogP) is 20.8. The Morgan fingerprint density at radius 1 is 0.296 bits per heavy atom.